The number of hydrogen-bond acceptors (Lipinski definition) is 8. The number of hydroxylamine groups is 3. The second-order valence-electron chi connectivity index (χ2n) is 13.0. The van der Waals surface area contributed by atoms with Gasteiger partial charge in [-0.3, -0.25) is 0 Å². The minimum absolute atomic E-state index is 0. The van der Waals surface area contributed by atoms with E-state index in [9.17, 15) is 8.42 Å². The molecule has 0 amide bonds. The fourth-order valence-electron chi connectivity index (χ4n) is 6.46. The summed E-state index contributed by atoms with van der Waals surface area (Å²) in [5, 5.41) is 0. The van der Waals surface area contributed by atoms with Crippen LogP contribution in [0.1, 0.15) is 73.1 Å². The molecule has 274 valence electrons. The normalized spacial score (nSPS) is 15.4. The third kappa shape index (κ3) is 12.0. The predicted octanol–water partition coefficient (Wildman–Crippen LogP) is 4.27. The van der Waals surface area contributed by atoms with E-state index >= 15 is 0 Å². The minimum atomic E-state index is -3.49. The van der Waals surface area contributed by atoms with Crippen LogP contribution in [0.2, 0.25) is 0 Å². The van der Waals surface area contributed by atoms with Gasteiger partial charge in [0.2, 0.25) is 0 Å². The van der Waals surface area contributed by atoms with Crippen molar-refractivity contribution in [1.82, 2.24) is 0 Å². The maximum Gasteiger partial charge on any atom is 0.181 e. The Kier molecular flexibility index (Phi) is 18.5. The van der Waals surface area contributed by atoms with Crippen molar-refractivity contribution in [1.29, 1.82) is 0 Å². The standard InChI is InChI=1S/C37H62N3O6S.HI/c1-8-13-21-37(22-14-9-2)30-39(35-29-33(38(6)7)17-20-36(35)47(41,42)31-37)32-15-18-34(19-16-32)45-27-25-43-23-24-44-26-28-46-40(10-3,11-4)12-5;/h15-20,29H,8-14,21-28,30-31H2,1-7H3;1H/q+1;/p-1. The quantitative estimate of drug-likeness (QED) is 0.0758. The first-order chi connectivity index (χ1) is 22.6. The molecule has 1 heterocycles. The number of fused-ring (bicyclic) bond motifs is 1. The number of halogens is 1. The number of rotatable bonds is 22. The summed E-state index contributed by atoms with van der Waals surface area (Å²) in [7, 11) is 0.480. The summed E-state index contributed by atoms with van der Waals surface area (Å²) >= 11 is 0. The molecule has 0 aliphatic carbocycles. The van der Waals surface area contributed by atoms with Crippen molar-refractivity contribution in [3.8, 4) is 5.75 Å². The van der Waals surface area contributed by atoms with E-state index in [1.807, 2.05) is 55.4 Å². The van der Waals surface area contributed by atoms with E-state index in [-0.39, 0.29) is 35.1 Å². The van der Waals surface area contributed by atoms with E-state index in [1.54, 1.807) is 6.07 Å². The van der Waals surface area contributed by atoms with Crippen molar-refractivity contribution in [2.24, 2.45) is 5.41 Å². The Balaban J connectivity index is 0.00000800. The lowest BCUT2D eigenvalue weighted by Gasteiger charge is -2.37. The summed E-state index contributed by atoms with van der Waals surface area (Å²) in [6.45, 7) is 17.3. The van der Waals surface area contributed by atoms with Crippen LogP contribution in [0.5, 0.6) is 5.75 Å². The van der Waals surface area contributed by atoms with Gasteiger partial charge in [-0.05, 0) is 76.1 Å². The Bertz CT molecular complexity index is 1290. The largest absolute Gasteiger partial charge is 1.00 e. The molecule has 48 heavy (non-hydrogen) atoms. The van der Waals surface area contributed by atoms with Crippen molar-refractivity contribution in [3.05, 3.63) is 42.5 Å². The topological polar surface area (TPSA) is 77.5 Å². The molecule has 0 unspecified atom stereocenters. The van der Waals surface area contributed by atoms with Crippen molar-refractivity contribution < 1.29 is 56.1 Å². The Labute approximate surface area is 308 Å². The lowest BCUT2D eigenvalue weighted by atomic mass is 9.79. The third-order valence-electron chi connectivity index (χ3n) is 9.53. The fourth-order valence-corrected chi connectivity index (χ4v) is 8.57. The molecule has 0 aromatic heterocycles. The van der Waals surface area contributed by atoms with Crippen LogP contribution in [0.3, 0.4) is 0 Å². The van der Waals surface area contributed by atoms with E-state index in [1.165, 1.54) is 0 Å². The Morgan fingerprint density at radius 1 is 0.792 bits per heavy atom. The van der Waals surface area contributed by atoms with Gasteiger partial charge in [0.15, 0.2) is 9.84 Å². The number of unbranched alkanes of at least 4 members (excludes halogenated alkanes) is 2. The molecular weight excluding hydrogens is 741 g/mol. The molecule has 0 radical (unpaired) electrons. The molecule has 11 heteroatoms. The van der Waals surface area contributed by atoms with Gasteiger partial charge in [0.1, 0.15) is 38.6 Å². The fraction of sp³-hybridized carbons (Fsp3) is 0.676. The number of nitrogens with zero attached hydrogens (tertiary/aromatic N) is 3. The summed E-state index contributed by atoms with van der Waals surface area (Å²) in [6.07, 6.45) is 5.90. The van der Waals surface area contributed by atoms with Gasteiger partial charge in [-0.15, -0.1) is 0 Å². The second-order valence-corrected chi connectivity index (χ2v) is 15.0. The average molecular weight is 804 g/mol. The van der Waals surface area contributed by atoms with Gasteiger partial charge in [0.05, 0.1) is 42.8 Å². The van der Waals surface area contributed by atoms with Crippen molar-refractivity contribution in [2.75, 3.05) is 95.5 Å². The third-order valence-corrected chi connectivity index (χ3v) is 11.5. The first-order valence-electron chi connectivity index (χ1n) is 17.8. The molecule has 1 aliphatic heterocycles. The van der Waals surface area contributed by atoms with Crippen LogP contribution in [0.4, 0.5) is 17.1 Å². The van der Waals surface area contributed by atoms with Crippen LogP contribution < -0.4 is 38.5 Å². The summed E-state index contributed by atoms with van der Waals surface area (Å²) in [5.41, 5.74) is 2.37. The molecule has 2 aromatic rings. The Morgan fingerprint density at radius 3 is 1.90 bits per heavy atom. The number of hydrogen-bond donors (Lipinski definition) is 0. The maximum atomic E-state index is 14.0. The monoisotopic (exact) mass is 803 g/mol. The van der Waals surface area contributed by atoms with E-state index < -0.39 is 9.84 Å². The maximum absolute atomic E-state index is 14.0. The highest BCUT2D eigenvalue weighted by Gasteiger charge is 2.42. The number of ether oxygens (including phenoxy) is 3. The summed E-state index contributed by atoms with van der Waals surface area (Å²) in [4.78, 5) is 10.7. The zero-order valence-electron chi connectivity index (χ0n) is 30.6. The van der Waals surface area contributed by atoms with E-state index in [4.69, 9.17) is 19.0 Å². The smallest absolute Gasteiger partial charge is 0.181 e. The van der Waals surface area contributed by atoms with Gasteiger partial charge in [-0.25, -0.2) is 13.3 Å². The van der Waals surface area contributed by atoms with Crippen LogP contribution in [-0.4, -0.2) is 98.7 Å². The first kappa shape index (κ1) is 42.5. The molecule has 3 rings (SSSR count). The average Bonchev–Trinajstić information content (AvgIpc) is 3.17. The zero-order valence-corrected chi connectivity index (χ0v) is 33.6. The first-order valence-corrected chi connectivity index (χ1v) is 19.4. The molecule has 0 N–H and O–H groups in total. The van der Waals surface area contributed by atoms with Crippen LogP contribution in [-0.2, 0) is 24.1 Å². The van der Waals surface area contributed by atoms with Crippen molar-refractivity contribution in [3.63, 3.8) is 0 Å². The van der Waals surface area contributed by atoms with Crippen molar-refractivity contribution in [2.45, 2.75) is 78.0 Å². The molecule has 9 nitrogen and oxygen atoms in total. The highest BCUT2D eigenvalue weighted by Crippen LogP contribution is 2.46. The molecule has 2 aromatic carbocycles. The molecule has 0 atom stereocenters. The lowest BCUT2D eigenvalue weighted by Crippen LogP contribution is -3.00. The van der Waals surface area contributed by atoms with Crippen molar-refractivity contribution >= 4 is 26.9 Å². The number of quaternary nitrogens is 1. The molecule has 0 saturated carbocycles. The molecule has 0 bridgehead atoms. The molecule has 0 fully saturated rings. The van der Waals surface area contributed by atoms with Gasteiger partial charge in [0.25, 0.3) is 0 Å². The number of anilines is 3. The highest BCUT2D eigenvalue weighted by atomic mass is 127. The summed E-state index contributed by atoms with van der Waals surface area (Å²) in [5.74, 6) is 0.935. The second kappa shape index (κ2) is 20.9. The van der Waals surface area contributed by atoms with Crippen LogP contribution >= 0.6 is 0 Å². The van der Waals surface area contributed by atoms with Gasteiger partial charge in [-0.2, -0.15) is 4.65 Å². The number of benzene rings is 2. The van der Waals surface area contributed by atoms with E-state index in [0.29, 0.717) is 55.7 Å². The molecule has 1 aliphatic rings. The van der Waals surface area contributed by atoms with Gasteiger partial charge in [-0.1, -0.05) is 39.5 Å². The van der Waals surface area contributed by atoms with Gasteiger partial charge < -0.3 is 48.0 Å². The lowest BCUT2D eigenvalue weighted by molar-refractivity contribution is -1.10. The Hall–Kier alpha value is -1.64. The predicted molar refractivity (Wildman–Crippen MR) is 193 cm³/mol. The van der Waals surface area contributed by atoms with Crippen LogP contribution in [0, 0.1) is 5.41 Å². The summed E-state index contributed by atoms with van der Waals surface area (Å²) < 4.78 is 46.0. The Morgan fingerprint density at radius 2 is 1.35 bits per heavy atom. The summed E-state index contributed by atoms with van der Waals surface area (Å²) in [6, 6.07) is 13.8. The number of sulfone groups is 1. The molecule has 0 spiro atoms. The van der Waals surface area contributed by atoms with Gasteiger partial charge in [0, 0.05) is 37.4 Å². The van der Waals surface area contributed by atoms with Crippen LogP contribution in [0.15, 0.2) is 47.4 Å². The molecule has 0 saturated heterocycles. The SMILES string of the molecule is CCCCC1(CCCC)CN(c2ccc(OCCOCCOCCO[N+](CC)(CC)CC)cc2)c2cc(N(C)C)ccc2S(=O)(=O)C1.[I-]. The van der Waals surface area contributed by atoms with E-state index in [2.05, 4.69) is 39.5 Å². The van der Waals surface area contributed by atoms with E-state index in [0.717, 1.165) is 81.0 Å². The minimum Gasteiger partial charge on any atom is -1.00 e. The van der Waals surface area contributed by atoms with Gasteiger partial charge >= 0.3 is 0 Å². The zero-order chi connectivity index (χ0) is 34.3. The van der Waals surface area contributed by atoms with Crippen LogP contribution in [0.25, 0.3) is 0 Å². The molecular formula is C37H62IN3O6S. The highest BCUT2D eigenvalue weighted by molar-refractivity contribution is 7.91.